The maximum Gasteiger partial charge on any atom is 0.165 e. The molecule has 1 aliphatic rings. The van der Waals surface area contributed by atoms with Gasteiger partial charge in [0, 0.05) is 17.4 Å². The molecule has 1 unspecified atom stereocenters. The summed E-state index contributed by atoms with van der Waals surface area (Å²) in [4.78, 5) is 12.8. The minimum atomic E-state index is 0.219. The summed E-state index contributed by atoms with van der Waals surface area (Å²) in [6.07, 6.45) is 12.0. The Hall–Kier alpha value is -1.63. The highest BCUT2D eigenvalue weighted by Crippen LogP contribution is 2.34. The van der Waals surface area contributed by atoms with Crippen LogP contribution in [0, 0.1) is 11.8 Å². The molecule has 0 bridgehead atoms. The molecule has 1 atom stereocenters. The number of hydrogen-bond acceptors (Lipinski definition) is 1. The van der Waals surface area contributed by atoms with Crippen molar-refractivity contribution in [1.29, 1.82) is 0 Å². The van der Waals surface area contributed by atoms with Crippen LogP contribution in [0.5, 0.6) is 0 Å². The van der Waals surface area contributed by atoms with E-state index in [0.717, 1.165) is 36.8 Å². The Morgan fingerprint density at radius 3 is 2.38 bits per heavy atom. The van der Waals surface area contributed by atoms with E-state index in [4.69, 9.17) is 0 Å². The monoisotopic (exact) mass is 324 g/mol. The predicted octanol–water partition coefficient (Wildman–Crippen LogP) is 6.80. The summed E-state index contributed by atoms with van der Waals surface area (Å²) in [5.41, 5.74) is 3.20. The molecule has 1 aromatic carbocycles. The SMILES string of the molecule is C=Cc1cc(C(=O)C2CCCCC2)ccc1C(C=C)C(CC)CC. The van der Waals surface area contributed by atoms with Crippen LogP contribution < -0.4 is 0 Å². The molecule has 0 aromatic heterocycles. The topological polar surface area (TPSA) is 17.1 Å². The fourth-order valence-electron chi connectivity index (χ4n) is 4.18. The molecule has 1 aliphatic carbocycles. The highest BCUT2D eigenvalue weighted by molar-refractivity contribution is 5.98. The Labute approximate surface area is 147 Å². The van der Waals surface area contributed by atoms with Crippen LogP contribution in [0.15, 0.2) is 37.4 Å². The van der Waals surface area contributed by atoms with Crippen molar-refractivity contribution in [2.75, 3.05) is 0 Å². The van der Waals surface area contributed by atoms with Gasteiger partial charge >= 0.3 is 0 Å². The first kappa shape index (κ1) is 18.7. The highest BCUT2D eigenvalue weighted by atomic mass is 16.1. The smallest absolute Gasteiger partial charge is 0.165 e. The van der Waals surface area contributed by atoms with Gasteiger partial charge in [0.1, 0.15) is 0 Å². The van der Waals surface area contributed by atoms with E-state index in [9.17, 15) is 4.79 Å². The number of ketones is 1. The first-order valence-electron chi connectivity index (χ1n) is 9.59. The molecule has 1 fully saturated rings. The van der Waals surface area contributed by atoms with E-state index in [2.05, 4.69) is 45.2 Å². The van der Waals surface area contributed by atoms with Gasteiger partial charge in [-0.15, -0.1) is 6.58 Å². The minimum Gasteiger partial charge on any atom is -0.294 e. The Balaban J connectivity index is 2.31. The molecule has 1 heteroatoms. The second kappa shape index (κ2) is 9.01. The lowest BCUT2D eigenvalue weighted by atomic mass is 9.79. The van der Waals surface area contributed by atoms with Gasteiger partial charge in [0.25, 0.3) is 0 Å². The third-order valence-electron chi connectivity index (χ3n) is 5.74. The average molecular weight is 325 g/mol. The zero-order valence-corrected chi connectivity index (χ0v) is 15.4. The molecule has 0 saturated heterocycles. The molecule has 0 N–H and O–H groups in total. The van der Waals surface area contributed by atoms with E-state index in [1.54, 1.807) is 0 Å². The molecule has 24 heavy (non-hydrogen) atoms. The second-order valence-electron chi connectivity index (χ2n) is 7.09. The molecule has 0 amide bonds. The van der Waals surface area contributed by atoms with Crippen molar-refractivity contribution in [3.8, 4) is 0 Å². The normalized spacial score (nSPS) is 16.8. The van der Waals surface area contributed by atoms with Gasteiger partial charge in [-0.2, -0.15) is 0 Å². The van der Waals surface area contributed by atoms with Gasteiger partial charge in [0.15, 0.2) is 5.78 Å². The van der Waals surface area contributed by atoms with Gasteiger partial charge in [-0.3, -0.25) is 4.79 Å². The maximum absolute atomic E-state index is 12.8. The largest absolute Gasteiger partial charge is 0.294 e. The minimum absolute atomic E-state index is 0.219. The molecule has 1 saturated carbocycles. The van der Waals surface area contributed by atoms with Crippen LogP contribution in [-0.4, -0.2) is 5.78 Å². The van der Waals surface area contributed by atoms with Gasteiger partial charge < -0.3 is 0 Å². The standard InChI is InChI=1S/C23H32O/c1-5-17(6-2)21(8-4)22-15-14-20(16-18(22)7-3)23(24)19-12-10-9-11-13-19/h7-8,14-17,19,21H,3-6,9-13H2,1-2H3. The third-order valence-corrected chi connectivity index (χ3v) is 5.74. The van der Waals surface area contributed by atoms with Crippen molar-refractivity contribution in [2.45, 2.75) is 64.7 Å². The van der Waals surface area contributed by atoms with E-state index in [1.807, 2.05) is 12.1 Å². The molecule has 130 valence electrons. The first-order valence-corrected chi connectivity index (χ1v) is 9.59. The second-order valence-corrected chi connectivity index (χ2v) is 7.09. The summed E-state index contributed by atoms with van der Waals surface area (Å²) >= 11 is 0. The Kier molecular flexibility index (Phi) is 7.02. The summed E-state index contributed by atoms with van der Waals surface area (Å²) in [6, 6.07) is 6.22. The van der Waals surface area contributed by atoms with Crippen LogP contribution in [0.2, 0.25) is 0 Å². The quantitative estimate of drug-likeness (QED) is 0.379. The Morgan fingerprint density at radius 1 is 1.17 bits per heavy atom. The number of hydrogen-bond donors (Lipinski definition) is 0. The molecule has 1 aromatic rings. The Morgan fingerprint density at radius 2 is 1.83 bits per heavy atom. The molecule has 0 aliphatic heterocycles. The molecular formula is C23H32O. The molecule has 0 spiro atoms. The van der Waals surface area contributed by atoms with Crippen LogP contribution in [0.25, 0.3) is 6.08 Å². The van der Waals surface area contributed by atoms with Crippen LogP contribution in [-0.2, 0) is 0 Å². The number of allylic oxidation sites excluding steroid dienone is 1. The molecule has 2 rings (SSSR count). The van der Waals surface area contributed by atoms with E-state index in [0.29, 0.717) is 17.6 Å². The zero-order chi connectivity index (χ0) is 17.5. The van der Waals surface area contributed by atoms with Gasteiger partial charge in [0.05, 0.1) is 0 Å². The lowest BCUT2D eigenvalue weighted by Gasteiger charge is -2.25. The van der Waals surface area contributed by atoms with Crippen LogP contribution >= 0.6 is 0 Å². The maximum atomic E-state index is 12.8. The number of carbonyl (C=O) groups is 1. The van der Waals surface area contributed by atoms with Crippen molar-refractivity contribution < 1.29 is 4.79 Å². The molecule has 0 heterocycles. The Bertz CT molecular complexity index is 574. The van der Waals surface area contributed by atoms with Crippen molar-refractivity contribution in [2.24, 2.45) is 11.8 Å². The zero-order valence-electron chi connectivity index (χ0n) is 15.4. The summed E-state index contributed by atoms with van der Waals surface area (Å²) in [5.74, 6) is 1.45. The van der Waals surface area contributed by atoms with Crippen molar-refractivity contribution in [3.05, 3.63) is 54.1 Å². The molecule has 0 radical (unpaired) electrons. The first-order chi connectivity index (χ1) is 11.7. The van der Waals surface area contributed by atoms with E-state index >= 15 is 0 Å². The lowest BCUT2D eigenvalue weighted by molar-refractivity contribution is 0.0889. The molecular weight excluding hydrogens is 292 g/mol. The number of carbonyl (C=O) groups excluding carboxylic acids is 1. The van der Waals surface area contributed by atoms with Crippen LogP contribution in [0.4, 0.5) is 0 Å². The summed E-state index contributed by atoms with van der Waals surface area (Å²) in [6.45, 7) is 12.5. The average Bonchev–Trinajstić information content (AvgIpc) is 2.65. The van der Waals surface area contributed by atoms with E-state index in [1.165, 1.54) is 24.8 Å². The van der Waals surface area contributed by atoms with Crippen LogP contribution in [0.3, 0.4) is 0 Å². The third kappa shape index (κ3) is 4.06. The molecule has 1 nitrogen and oxygen atoms in total. The summed E-state index contributed by atoms with van der Waals surface area (Å²) < 4.78 is 0. The summed E-state index contributed by atoms with van der Waals surface area (Å²) in [7, 11) is 0. The van der Waals surface area contributed by atoms with Gasteiger partial charge in [0.2, 0.25) is 0 Å². The van der Waals surface area contributed by atoms with Crippen molar-refractivity contribution in [3.63, 3.8) is 0 Å². The van der Waals surface area contributed by atoms with Gasteiger partial charge in [-0.1, -0.05) is 76.8 Å². The van der Waals surface area contributed by atoms with Crippen molar-refractivity contribution in [1.82, 2.24) is 0 Å². The number of Topliss-reactive ketones (excluding diaryl/α,β-unsaturated/α-hetero) is 1. The highest BCUT2D eigenvalue weighted by Gasteiger charge is 2.24. The van der Waals surface area contributed by atoms with E-state index in [-0.39, 0.29) is 5.92 Å². The van der Waals surface area contributed by atoms with Gasteiger partial charge in [-0.25, -0.2) is 0 Å². The van der Waals surface area contributed by atoms with Crippen molar-refractivity contribution >= 4 is 11.9 Å². The fraction of sp³-hybridized carbons (Fsp3) is 0.522. The number of rotatable bonds is 8. The van der Waals surface area contributed by atoms with Crippen LogP contribution in [0.1, 0.15) is 86.2 Å². The van der Waals surface area contributed by atoms with E-state index < -0.39 is 0 Å². The number of benzene rings is 1. The fourth-order valence-corrected chi connectivity index (χ4v) is 4.18. The predicted molar refractivity (Wildman–Crippen MR) is 104 cm³/mol. The summed E-state index contributed by atoms with van der Waals surface area (Å²) in [5, 5.41) is 0. The lowest BCUT2D eigenvalue weighted by Crippen LogP contribution is -2.18. The van der Waals surface area contributed by atoms with Gasteiger partial charge in [-0.05, 0) is 36.0 Å².